The van der Waals surface area contributed by atoms with Gasteiger partial charge in [0, 0.05) is 40.8 Å². The molecule has 0 amide bonds. The van der Waals surface area contributed by atoms with Gasteiger partial charge in [0.05, 0.1) is 21.9 Å². The van der Waals surface area contributed by atoms with Gasteiger partial charge < -0.3 is 14.9 Å². The fourth-order valence-corrected chi connectivity index (χ4v) is 5.09. The number of pyridine rings is 1. The third-order valence-electron chi connectivity index (χ3n) is 5.71. The van der Waals surface area contributed by atoms with Gasteiger partial charge >= 0.3 is 0 Å². The van der Waals surface area contributed by atoms with Gasteiger partial charge in [-0.25, -0.2) is 8.42 Å². The van der Waals surface area contributed by atoms with E-state index in [1.54, 1.807) is 24.3 Å². The minimum atomic E-state index is -3.36. The summed E-state index contributed by atoms with van der Waals surface area (Å²) in [5.41, 5.74) is 2.51. The molecule has 32 heavy (non-hydrogen) atoms. The number of aromatic amines is 2. The molecule has 2 heterocycles. The molecule has 0 spiro atoms. The number of sulfone groups is 1. The molecular formula is C24H26N4O3S. The molecule has 0 radical (unpaired) electrons. The van der Waals surface area contributed by atoms with Gasteiger partial charge in [0.15, 0.2) is 9.84 Å². The number of hydrogen-bond donors (Lipinski definition) is 2. The van der Waals surface area contributed by atoms with E-state index in [2.05, 4.69) is 19.9 Å². The first-order valence-electron chi connectivity index (χ1n) is 10.6. The van der Waals surface area contributed by atoms with E-state index in [0.717, 1.165) is 34.9 Å². The van der Waals surface area contributed by atoms with Gasteiger partial charge in [-0.3, -0.25) is 9.79 Å². The second-order valence-corrected chi connectivity index (χ2v) is 9.69. The van der Waals surface area contributed by atoms with Crippen LogP contribution in [0.3, 0.4) is 0 Å². The Morgan fingerprint density at radius 1 is 1.00 bits per heavy atom. The predicted octanol–water partition coefficient (Wildman–Crippen LogP) is 3.88. The lowest BCUT2D eigenvalue weighted by atomic mass is 10.1. The Morgan fingerprint density at radius 3 is 2.44 bits per heavy atom. The smallest absolute Gasteiger partial charge is 0.257 e. The summed E-state index contributed by atoms with van der Waals surface area (Å²) in [4.78, 5) is 25.4. The lowest BCUT2D eigenvalue weighted by Crippen LogP contribution is -2.29. The number of fused-ring (bicyclic) bond motifs is 3. The van der Waals surface area contributed by atoms with Crippen LogP contribution in [0.15, 0.2) is 69.4 Å². The fraction of sp³-hybridized carbons (Fsp3) is 0.250. The first kappa shape index (κ1) is 22.0. The quantitative estimate of drug-likeness (QED) is 0.398. The van der Waals surface area contributed by atoms with E-state index in [9.17, 15) is 13.2 Å². The summed E-state index contributed by atoms with van der Waals surface area (Å²) in [7, 11) is -3.36. The Bertz CT molecular complexity index is 1430. The average molecular weight is 451 g/mol. The Kier molecular flexibility index (Phi) is 6.25. The van der Waals surface area contributed by atoms with E-state index in [-0.39, 0.29) is 16.2 Å². The van der Waals surface area contributed by atoms with Gasteiger partial charge in [0.1, 0.15) is 0 Å². The van der Waals surface area contributed by atoms with Gasteiger partial charge in [-0.05, 0) is 55.6 Å². The topological polar surface area (TPSA) is 98.4 Å². The van der Waals surface area contributed by atoms with E-state index in [0.29, 0.717) is 17.8 Å². The molecule has 166 valence electrons. The summed E-state index contributed by atoms with van der Waals surface area (Å²) in [6, 6.07) is 14.1. The monoisotopic (exact) mass is 450 g/mol. The number of aromatic nitrogens is 2. The van der Waals surface area contributed by atoms with Crippen molar-refractivity contribution in [2.45, 2.75) is 18.7 Å². The first-order valence-corrected chi connectivity index (χ1v) is 12.3. The summed E-state index contributed by atoms with van der Waals surface area (Å²) < 4.78 is 25.3. The molecule has 2 aromatic carbocycles. The number of nitrogens with one attached hydrogen (secondary N) is 2. The number of nitrogens with zero attached hydrogens (tertiary/aromatic N) is 2. The van der Waals surface area contributed by atoms with Crippen LogP contribution in [-0.4, -0.2) is 54.9 Å². The van der Waals surface area contributed by atoms with Gasteiger partial charge in [0.25, 0.3) is 5.56 Å². The van der Waals surface area contributed by atoms with Crippen LogP contribution in [0.4, 0.5) is 5.69 Å². The summed E-state index contributed by atoms with van der Waals surface area (Å²) in [6.07, 6.45) is 3.38. The molecule has 0 unspecified atom stereocenters. The lowest BCUT2D eigenvalue weighted by molar-refractivity contribution is 0.321. The van der Waals surface area contributed by atoms with Gasteiger partial charge in [-0.1, -0.05) is 19.9 Å². The van der Waals surface area contributed by atoms with Gasteiger partial charge in [-0.15, -0.1) is 0 Å². The van der Waals surface area contributed by atoms with Crippen LogP contribution in [0, 0.1) is 0 Å². The van der Waals surface area contributed by atoms with Crippen LogP contribution in [0.5, 0.6) is 0 Å². The maximum Gasteiger partial charge on any atom is 0.257 e. The van der Waals surface area contributed by atoms with Crippen LogP contribution in [0.2, 0.25) is 0 Å². The van der Waals surface area contributed by atoms with Crippen molar-refractivity contribution in [3.8, 4) is 0 Å². The standard InChI is InChI=1S/C24H26N4O3S/c1-3-28(4-2)14-15-32(30,31)18-9-7-17(8-10-18)26-16-20-23-19-6-5-13-25-21(19)11-12-22(23)27-24(20)29/h5-13,16,25H,3-4,14-15H2,1-2H3,(H,27,29). The number of H-pyrrole nitrogens is 2. The van der Waals surface area contributed by atoms with Crippen LogP contribution in [0.25, 0.3) is 21.8 Å². The second kappa shape index (κ2) is 9.10. The lowest BCUT2D eigenvalue weighted by Gasteiger charge is -2.17. The van der Waals surface area contributed by atoms with Gasteiger partial charge in [-0.2, -0.15) is 0 Å². The molecule has 0 saturated carbocycles. The Morgan fingerprint density at radius 2 is 1.72 bits per heavy atom. The SMILES string of the molecule is CCN(CC)CCS(=O)(=O)c1ccc(N=Cc2c(=O)[nH]c3ccc4[nH]cccc4c23)cc1. The highest BCUT2D eigenvalue weighted by Gasteiger charge is 2.16. The highest BCUT2D eigenvalue weighted by atomic mass is 32.2. The van der Waals surface area contributed by atoms with Crippen LogP contribution in [-0.2, 0) is 9.84 Å². The van der Waals surface area contributed by atoms with Crippen molar-refractivity contribution in [3.05, 3.63) is 70.6 Å². The number of benzene rings is 2. The third kappa shape index (κ3) is 4.37. The summed E-state index contributed by atoms with van der Waals surface area (Å²) in [5.74, 6) is 0.0796. The van der Waals surface area contributed by atoms with E-state index in [1.165, 1.54) is 6.21 Å². The molecule has 4 rings (SSSR count). The minimum Gasteiger partial charge on any atom is -0.361 e. The zero-order valence-corrected chi connectivity index (χ0v) is 18.9. The van der Waals surface area contributed by atoms with Crippen molar-refractivity contribution in [2.75, 3.05) is 25.4 Å². The zero-order chi connectivity index (χ0) is 22.7. The van der Waals surface area contributed by atoms with E-state index >= 15 is 0 Å². The van der Waals surface area contributed by atoms with E-state index in [4.69, 9.17) is 0 Å². The Balaban J connectivity index is 1.60. The van der Waals surface area contributed by atoms with Crippen LogP contribution < -0.4 is 5.56 Å². The summed E-state index contributed by atoms with van der Waals surface area (Å²) in [6.45, 7) is 6.19. The summed E-state index contributed by atoms with van der Waals surface area (Å²) in [5, 5.41) is 1.74. The molecule has 0 fully saturated rings. The Hall–Kier alpha value is -3.23. The van der Waals surface area contributed by atoms with Crippen molar-refractivity contribution in [1.82, 2.24) is 14.9 Å². The third-order valence-corrected chi connectivity index (χ3v) is 7.43. The molecule has 2 aromatic heterocycles. The second-order valence-electron chi connectivity index (χ2n) is 7.59. The van der Waals surface area contributed by atoms with Crippen molar-refractivity contribution in [3.63, 3.8) is 0 Å². The molecule has 4 aromatic rings. The van der Waals surface area contributed by atoms with Crippen LogP contribution >= 0.6 is 0 Å². The zero-order valence-electron chi connectivity index (χ0n) is 18.1. The maximum atomic E-state index is 12.6. The highest BCUT2D eigenvalue weighted by Crippen LogP contribution is 2.25. The molecule has 0 aliphatic rings. The van der Waals surface area contributed by atoms with E-state index in [1.807, 2.05) is 44.3 Å². The molecule has 0 bridgehead atoms. The highest BCUT2D eigenvalue weighted by molar-refractivity contribution is 7.91. The molecular weight excluding hydrogens is 424 g/mol. The van der Waals surface area contributed by atoms with Crippen molar-refractivity contribution >= 4 is 43.5 Å². The molecule has 8 heteroatoms. The molecule has 2 N–H and O–H groups in total. The maximum absolute atomic E-state index is 12.6. The minimum absolute atomic E-state index is 0.0796. The fourth-order valence-electron chi connectivity index (χ4n) is 3.81. The van der Waals surface area contributed by atoms with Gasteiger partial charge in [0.2, 0.25) is 0 Å². The van der Waals surface area contributed by atoms with E-state index < -0.39 is 9.84 Å². The number of aliphatic imine (C=N–C) groups is 1. The molecule has 0 aliphatic carbocycles. The largest absolute Gasteiger partial charge is 0.361 e. The molecule has 0 saturated heterocycles. The first-order chi connectivity index (χ1) is 15.4. The van der Waals surface area contributed by atoms with Crippen molar-refractivity contribution in [2.24, 2.45) is 4.99 Å². The summed E-state index contributed by atoms with van der Waals surface area (Å²) >= 11 is 0. The average Bonchev–Trinajstić information content (AvgIpc) is 3.14. The van der Waals surface area contributed by atoms with Crippen molar-refractivity contribution in [1.29, 1.82) is 0 Å². The Labute approximate surface area is 186 Å². The number of hydrogen-bond acceptors (Lipinski definition) is 5. The predicted molar refractivity (Wildman–Crippen MR) is 130 cm³/mol. The molecule has 7 nitrogen and oxygen atoms in total. The molecule has 0 aliphatic heterocycles. The molecule has 0 atom stereocenters. The van der Waals surface area contributed by atoms with Crippen LogP contribution in [0.1, 0.15) is 19.4 Å². The van der Waals surface area contributed by atoms with Crippen molar-refractivity contribution < 1.29 is 8.42 Å². The number of rotatable bonds is 8. The normalized spacial score (nSPS) is 12.5.